The van der Waals surface area contributed by atoms with Crippen LogP contribution in [0.3, 0.4) is 0 Å². The summed E-state index contributed by atoms with van der Waals surface area (Å²) in [6.07, 6.45) is -4.00. The van der Waals surface area contributed by atoms with Gasteiger partial charge in [0.1, 0.15) is 5.75 Å². The summed E-state index contributed by atoms with van der Waals surface area (Å²) in [6, 6.07) is 11.2. The highest BCUT2D eigenvalue weighted by Crippen LogP contribution is 2.30. The van der Waals surface area contributed by atoms with Crippen LogP contribution in [0, 0.1) is 0 Å². The fraction of sp³-hybridized carbons (Fsp3) is 0.350. The number of ether oxygens (including phenoxy) is 3. The molecule has 1 N–H and O–H groups in total. The number of carbonyl (C=O) groups is 1. The Kier molecular flexibility index (Phi) is 8.45. The van der Waals surface area contributed by atoms with Gasteiger partial charge in [0.05, 0.1) is 18.9 Å². The van der Waals surface area contributed by atoms with Crippen molar-refractivity contribution >= 4 is 23.2 Å². The molecule has 0 aromatic heterocycles. The monoisotopic (exact) mass is 431 g/mol. The van der Waals surface area contributed by atoms with Crippen LogP contribution in [-0.4, -0.2) is 31.9 Å². The van der Waals surface area contributed by atoms with E-state index in [-0.39, 0.29) is 29.5 Å². The minimum atomic E-state index is -4.49. The molecule has 0 aliphatic rings. The molecule has 5 nitrogen and oxygen atoms in total. The molecule has 0 aliphatic carbocycles. The van der Waals surface area contributed by atoms with Crippen LogP contribution < -0.4 is 19.5 Å². The van der Waals surface area contributed by atoms with Crippen molar-refractivity contribution in [3.8, 4) is 17.2 Å². The summed E-state index contributed by atoms with van der Waals surface area (Å²) in [4.78, 5) is 12.1. The SMILES string of the molecule is CCOc1ccccc1OCCCC(=O)Nc1cc(Cl)ccc1OCC(F)(F)F. The minimum absolute atomic E-state index is 0.0781. The normalized spacial score (nSPS) is 11.1. The molecule has 0 saturated carbocycles. The van der Waals surface area contributed by atoms with Gasteiger partial charge in [-0.15, -0.1) is 0 Å². The number of hydrogen-bond acceptors (Lipinski definition) is 4. The van der Waals surface area contributed by atoms with Crippen LogP contribution in [0.2, 0.25) is 5.02 Å². The number of benzene rings is 2. The van der Waals surface area contributed by atoms with Crippen LogP contribution >= 0.6 is 11.6 Å². The quantitative estimate of drug-likeness (QED) is 0.506. The number of nitrogens with one attached hydrogen (secondary N) is 1. The summed E-state index contributed by atoms with van der Waals surface area (Å²) < 4.78 is 53.0. The molecular weight excluding hydrogens is 411 g/mol. The predicted molar refractivity (Wildman–Crippen MR) is 104 cm³/mol. The molecule has 29 heavy (non-hydrogen) atoms. The van der Waals surface area contributed by atoms with Crippen molar-refractivity contribution in [2.75, 3.05) is 25.1 Å². The molecule has 158 valence electrons. The summed E-state index contributed by atoms with van der Waals surface area (Å²) >= 11 is 5.86. The standard InChI is InChI=1S/C20H21ClF3NO4/c1-2-27-17-6-3-4-7-18(17)28-11-5-8-19(26)25-15-12-14(21)9-10-16(15)29-13-20(22,23)24/h3-4,6-7,9-10,12H,2,5,8,11,13H2,1H3,(H,25,26). The summed E-state index contributed by atoms with van der Waals surface area (Å²) in [5.41, 5.74) is 0.0781. The van der Waals surface area contributed by atoms with Crippen molar-refractivity contribution in [2.45, 2.75) is 25.9 Å². The fourth-order valence-electron chi connectivity index (χ4n) is 2.36. The molecule has 0 atom stereocenters. The van der Waals surface area contributed by atoms with Gasteiger partial charge in [0.15, 0.2) is 18.1 Å². The van der Waals surface area contributed by atoms with Gasteiger partial charge in [-0.05, 0) is 43.7 Å². The molecule has 0 bridgehead atoms. The molecule has 0 radical (unpaired) electrons. The van der Waals surface area contributed by atoms with Crippen LogP contribution in [0.4, 0.5) is 18.9 Å². The lowest BCUT2D eigenvalue weighted by Gasteiger charge is -2.14. The van der Waals surface area contributed by atoms with Crippen LogP contribution in [0.15, 0.2) is 42.5 Å². The second kappa shape index (κ2) is 10.8. The van der Waals surface area contributed by atoms with Gasteiger partial charge in [-0.25, -0.2) is 0 Å². The number of alkyl halides is 3. The average Bonchev–Trinajstić information content (AvgIpc) is 2.65. The molecular formula is C20H21ClF3NO4. The van der Waals surface area contributed by atoms with Gasteiger partial charge in [0.25, 0.3) is 0 Å². The highest BCUT2D eigenvalue weighted by Gasteiger charge is 2.29. The van der Waals surface area contributed by atoms with Gasteiger partial charge in [-0.1, -0.05) is 23.7 Å². The minimum Gasteiger partial charge on any atom is -0.490 e. The third-order valence-corrected chi connectivity index (χ3v) is 3.80. The zero-order valence-corrected chi connectivity index (χ0v) is 16.5. The molecule has 2 aromatic rings. The molecule has 2 rings (SSSR count). The van der Waals surface area contributed by atoms with Crippen molar-refractivity contribution in [1.82, 2.24) is 0 Å². The second-order valence-electron chi connectivity index (χ2n) is 5.92. The van der Waals surface area contributed by atoms with E-state index in [0.29, 0.717) is 24.5 Å². The van der Waals surface area contributed by atoms with Crippen molar-refractivity contribution in [2.24, 2.45) is 0 Å². The number of carbonyl (C=O) groups excluding carboxylic acids is 1. The molecule has 0 spiro atoms. The highest BCUT2D eigenvalue weighted by molar-refractivity contribution is 6.31. The van der Waals surface area contributed by atoms with E-state index in [1.54, 1.807) is 12.1 Å². The first-order valence-corrected chi connectivity index (χ1v) is 9.30. The van der Waals surface area contributed by atoms with E-state index in [1.807, 2.05) is 19.1 Å². The molecule has 1 amide bonds. The van der Waals surface area contributed by atoms with E-state index in [4.69, 9.17) is 25.8 Å². The van der Waals surface area contributed by atoms with Crippen molar-refractivity contribution in [3.63, 3.8) is 0 Å². The third kappa shape index (κ3) is 8.11. The molecule has 0 unspecified atom stereocenters. The summed E-state index contributed by atoms with van der Waals surface area (Å²) in [5, 5.41) is 2.78. The molecule has 0 aliphatic heterocycles. The van der Waals surface area contributed by atoms with Crippen LogP contribution in [0.5, 0.6) is 17.2 Å². The lowest BCUT2D eigenvalue weighted by molar-refractivity contribution is -0.153. The fourth-order valence-corrected chi connectivity index (χ4v) is 2.53. The number of para-hydroxylation sites is 2. The van der Waals surface area contributed by atoms with Gasteiger partial charge >= 0.3 is 6.18 Å². The first-order chi connectivity index (χ1) is 13.8. The number of amides is 1. The van der Waals surface area contributed by atoms with Gasteiger partial charge in [0, 0.05) is 11.4 Å². The van der Waals surface area contributed by atoms with Gasteiger partial charge in [-0.3, -0.25) is 4.79 Å². The van der Waals surface area contributed by atoms with E-state index in [0.717, 1.165) is 0 Å². The van der Waals surface area contributed by atoms with Gasteiger partial charge in [-0.2, -0.15) is 13.2 Å². The van der Waals surface area contributed by atoms with E-state index in [9.17, 15) is 18.0 Å². The first-order valence-electron chi connectivity index (χ1n) is 8.92. The largest absolute Gasteiger partial charge is 0.490 e. The van der Waals surface area contributed by atoms with Crippen molar-refractivity contribution in [1.29, 1.82) is 0 Å². The molecule has 0 saturated heterocycles. The third-order valence-electron chi connectivity index (χ3n) is 3.56. The van der Waals surface area contributed by atoms with Gasteiger partial charge in [0.2, 0.25) is 5.91 Å². The zero-order valence-electron chi connectivity index (χ0n) is 15.7. The zero-order chi connectivity index (χ0) is 21.3. The van der Waals surface area contributed by atoms with E-state index in [2.05, 4.69) is 5.32 Å². The molecule has 9 heteroatoms. The number of rotatable bonds is 10. The Labute approximate surface area is 171 Å². The second-order valence-corrected chi connectivity index (χ2v) is 6.36. The topological polar surface area (TPSA) is 56.8 Å². The van der Waals surface area contributed by atoms with E-state index >= 15 is 0 Å². The number of anilines is 1. The molecule has 0 fully saturated rings. The summed E-state index contributed by atoms with van der Waals surface area (Å²) in [7, 11) is 0. The van der Waals surface area contributed by atoms with E-state index in [1.165, 1.54) is 18.2 Å². The number of halogens is 4. The Morgan fingerprint density at radius 1 is 1.03 bits per heavy atom. The summed E-state index contributed by atoms with van der Waals surface area (Å²) in [6.45, 7) is 1.17. The Morgan fingerprint density at radius 2 is 1.72 bits per heavy atom. The lowest BCUT2D eigenvalue weighted by atomic mass is 10.2. The smallest absolute Gasteiger partial charge is 0.422 e. The Hall–Kier alpha value is -2.61. The van der Waals surface area contributed by atoms with Crippen LogP contribution in [-0.2, 0) is 4.79 Å². The first kappa shape index (κ1) is 22.7. The maximum atomic E-state index is 12.4. The average molecular weight is 432 g/mol. The van der Waals surface area contributed by atoms with E-state index < -0.39 is 18.7 Å². The maximum absolute atomic E-state index is 12.4. The van der Waals surface area contributed by atoms with Gasteiger partial charge < -0.3 is 19.5 Å². The Morgan fingerprint density at radius 3 is 2.38 bits per heavy atom. The van der Waals surface area contributed by atoms with Crippen molar-refractivity contribution < 1.29 is 32.2 Å². The molecule has 0 heterocycles. The Balaban J connectivity index is 1.86. The maximum Gasteiger partial charge on any atom is 0.422 e. The summed E-state index contributed by atoms with van der Waals surface area (Å²) in [5.74, 6) is 0.685. The van der Waals surface area contributed by atoms with Crippen LogP contribution in [0.25, 0.3) is 0 Å². The van der Waals surface area contributed by atoms with Crippen molar-refractivity contribution in [3.05, 3.63) is 47.5 Å². The lowest BCUT2D eigenvalue weighted by Crippen LogP contribution is -2.20. The Bertz CT molecular complexity index is 815. The predicted octanol–water partition coefficient (Wildman–Crippen LogP) is 5.48. The highest BCUT2D eigenvalue weighted by atomic mass is 35.5. The number of hydrogen-bond donors (Lipinski definition) is 1. The van der Waals surface area contributed by atoms with Crippen LogP contribution in [0.1, 0.15) is 19.8 Å². The molecule has 2 aromatic carbocycles.